The summed E-state index contributed by atoms with van der Waals surface area (Å²) < 4.78 is 0. The van der Waals surface area contributed by atoms with Gasteiger partial charge < -0.3 is 5.73 Å². The lowest BCUT2D eigenvalue weighted by molar-refractivity contribution is 0.130. The summed E-state index contributed by atoms with van der Waals surface area (Å²) >= 11 is 2.06. The summed E-state index contributed by atoms with van der Waals surface area (Å²) in [5.41, 5.74) is 7.52. The van der Waals surface area contributed by atoms with Crippen LogP contribution < -0.4 is 5.73 Å². The summed E-state index contributed by atoms with van der Waals surface area (Å²) in [5, 5.41) is 0.668. The van der Waals surface area contributed by atoms with Crippen LogP contribution in [0.5, 0.6) is 0 Å². The maximum atomic E-state index is 6.24. The van der Waals surface area contributed by atoms with Crippen LogP contribution in [0.15, 0.2) is 24.5 Å². The molecule has 0 saturated carbocycles. The third kappa shape index (κ3) is 2.87. The van der Waals surface area contributed by atoms with Gasteiger partial charge in [-0.15, -0.1) is 0 Å². The number of rotatable bonds is 3. The fraction of sp³-hybridized carbons (Fsp3) is 0.643. The van der Waals surface area contributed by atoms with E-state index < -0.39 is 0 Å². The van der Waals surface area contributed by atoms with Crippen molar-refractivity contribution in [2.24, 2.45) is 5.73 Å². The highest BCUT2D eigenvalue weighted by Gasteiger charge is 2.33. The van der Waals surface area contributed by atoms with Crippen molar-refractivity contribution in [3.63, 3.8) is 0 Å². The molecule has 4 unspecified atom stereocenters. The molecule has 0 radical (unpaired) electrons. The lowest BCUT2D eigenvalue weighted by Gasteiger charge is -2.44. The monoisotopic (exact) mass is 265 g/mol. The smallest absolute Gasteiger partial charge is 0.0501 e. The number of nitrogens with two attached hydrogens (primary N) is 1. The molecule has 2 heterocycles. The third-order valence-electron chi connectivity index (χ3n) is 3.84. The molecule has 4 heteroatoms. The molecule has 1 aliphatic heterocycles. The van der Waals surface area contributed by atoms with Crippen molar-refractivity contribution in [1.29, 1.82) is 0 Å². The van der Waals surface area contributed by atoms with Gasteiger partial charge in [-0.2, -0.15) is 11.8 Å². The third-order valence-corrected chi connectivity index (χ3v) is 5.17. The first-order valence-electron chi connectivity index (χ1n) is 6.64. The lowest BCUT2D eigenvalue weighted by atomic mass is 9.98. The zero-order valence-corrected chi connectivity index (χ0v) is 12.2. The topological polar surface area (TPSA) is 42.1 Å². The Hall–Kier alpha value is -0.580. The van der Waals surface area contributed by atoms with Crippen LogP contribution in [0.2, 0.25) is 0 Å². The van der Waals surface area contributed by atoms with Crippen molar-refractivity contribution in [3.8, 4) is 0 Å². The summed E-state index contributed by atoms with van der Waals surface area (Å²) in [7, 11) is 0. The molecule has 1 aromatic heterocycles. The second-order valence-electron chi connectivity index (χ2n) is 5.14. The molecule has 0 aliphatic carbocycles. The maximum Gasteiger partial charge on any atom is 0.0501 e. The van der Waals surface area contributed by atoms with Crippen molar-refractivity contribution >= 4 is 11.8 Å². The number of pyridine rings is 1. The van der Waals surface area contributed by atoms with Gasteiger partial charge in [0.15, 0.2) is 0 Å². The number of thioether (sulfide) groups is 1. The first-order chi connectivity index (χ1) is 8.61. The molecule has 0 amide bonds. The zero-order valence-electron chi connectivity index (χ0n) is 11.4. The summed E-state index contributed by atoms with van der Waals surface area (Å²) in [6.45, 7) is 7.84. The molecule has 0 spiro atoms. The van der Waals surface area contributed by atoms with E-state index in [1.807, 2.05) is 12.4 Å². The second-order valence-corrected chi connectivity index (χ2v) is 6.62. The normalized spacial score (nSPS) is 28.9. The number of nitrogens with zero attached hydrogens (tertiary/aromatic N) is 2. The molecule has 2 rings (SSSR count). The van der Waals surface area contributed by atoms with E-state index in [-0.39, 0.29) is 6.04 Å². The second kappa shape index (κ2) is 6.04. The van der Waals surface area contributed by atoms with Gasteiger partial charge in [-0.25, -0.2) is 0 Å². The minimum absolute atomic E-state index is 0.130. The molecule has 1 saturated heterocycles. The van der Waals surface area contributed by atoms with Gasteiger partial charge in [0.25, 0.3) is 0 Å². The molecule has 1 fully saturated rings. The van der Waals surface area contributed by atoms with E-state index in [1.165, 1.54) is 11.3 Å². The van der Waals surface area contributed by atoms with Gasteiger partial charge >= 0.3 is 0 Å². The maximum absolute atomic E-state index is 6.24. The van der Waals surface area contributed by atoms with E-state index in [1.54, 1.807) is 0 Å². The Morgan fingerprint density at radius 3 is 2.67 bits per heavy atom. The quantitative estimate of drug-likeness (QED) is 0.910. The molecular weight excluding hydrogens is 242 g/mol. The Balaban J connectivity index is 2.25. The van der Waals surface area contributed by atoms with Crippen molar-refractivity contribution < 1.29 is 0 Å². The minimum atomic E-state index is 0.130. The summed E-state index contributed by atoms with van der Waals surface area (Å²) in [4.78, 5) is 6.66. The Labute approximate surface area is 114 Å². The Morgan fingerprint density at radius 2 is 2.06 bits per heavy atom. The number of hydrogen-bond donors (Lipinski definition) is 1. The van der Waals surface area contributed by atoms with Crippen LogP contribution in [-0.4, -0.2) is 39.5 Å². The van der Waals surface area contributed by atoms with E-state index in [2.05, 4.69) is 54.5 Å². The molecule has 3 nitrogen and oxygen atoms in total. The number of aromatic nitrogens is 1. The van der Waals surface area contributed by atoms with Crippen LogP contribution in [0.1, 0.15) is 32.4 Å². The summed E-state index contributed by atoms with van der Waals surface area (Å²) in [6, 6.07) is 5.17. The van der Waals surface area contributed by atoms with E-state index in [0.717, 1.165) is 6.54 Å². The average molecular weight is 265 g/mol. The fourth-order valence-corrected chi connectivity index (χ4v) is 3.83. The first-order valence-corrected chi connectivity index (χ1v) is 7.69. The van der Waals surface area contributed by atoms with Crippen molar-refractivity contribution in [1.82, 2.24) is 9.88 Å². The molecule has 18 heavy (non-hydrogen) atoms. The summed E-state index contributed by atoms with van der Waals surface area (Å²) in [5.74, 6) is 1.19. The molecule has 1 aliphatic rings. The molecule has 100 valence electrons. The highest BCUT2D eigenvalue weighted by atomic mass is 32.2. The highest BCUT2D eigenvalue weighted by molar-refractivity contribution is 8.00. The van der Waals surface area contributed by atoms with Crippen LogP contribution >= 0.6 is 11.8 Å². The van der Waals surface area contributed by atoms with E-state index in [0.29, 0.717) is 17.3 Å². The van der Waals surface area contributed by atoms with E-state index >= 15 is 0 Å². The van der Waals surface area contributed by atoms with E-state index in [9.17, 15) is 0 Å². The number of hydrogen-bond acceptors (Lipinski definition) is 4. The summed E-state index contributed by atoms with van der Waals surface area (Å²) in [6.07, 6.45) is 3.72. The Bertz CT molecular complexity index is 369. The van der Waals surface area contributed by atoms with Crippen LogP contribution in [0.4, 0.5) is 0 Å². The van der Waals surface area contributed by atoms with Crippen molar-refractivity contribution in [2.45, 2.75) is 44.1 Å². The van der Waals surface area contributed by atoms with Gasteiger partial charge in [-0.05, 0) is 31.5 Å². The van der Waals surface area contributed by atoms with Crippen molar-refractivity contribution in [3.05, 3.63) is 30.1 Å². The molecule has 1 aromatic rings. The predicted molar refractivity (Wildman–Crippen MR) is 78.7 cm³/mol. The van der Waals surface area contributed by atoms with Crippen LogP contribution in [0, 0.1) is 0 Å². The minimum Gasteiger partial charge on any atom is -0.326 e. The van der Waals surface area contributed by atoms with Gasteiger partial charge in [0.1, 0.15) is 0 Å². The average Bonchev–Trinajstić information content (AvgIpc) is 2.36. The molecule has 0 bridgehead atoms. The van der Waals surface area contributed by atoms with Gasteiger partial charge in [-0.1, -0.05) is 6.92 Å². The Kier molecular flexibility index (Phi) is 4.65. The highest BCUT2D eigenvalue weighted by Crippen LogP contribution is 2.32. The molecule has 4 atom stereocenters. The molecule has 0 aromatic carbocycles. The zero-order chi connectivity index (χ0) is 13.1. The van der Waals surface area contributed by atoms with Crippen molar-refractivity contribution in [2.75, 3.05) is 12.3 Å². The molecular formula is C14H23N3S. The lowest BCUT2D eigenvalue weighted by Crippen LogP contribution is -2.50. The fourth-order valence-electron chi connectivity index (χ4n) is 2.71. The van der Waals surface area contributed by atoms with Crippen LogP contribution in [-0.2, 0) is 0 Å². The van der Waals surface area contributed by atoms with Gasteiger partial charge in [0, 0.05) is 42.0 Å². The van der Waals surface area contributed by atoms with E-state index in [4.69, 9.17) is 5.73 Å². The Morgan fingerprint density at radius 1 is 1.39 bits per heavy atom. The largest absolute Gasteiger partial charge is 0.326 e. The van der Waals surface area contributed by atoms with Crippen LogP contribution in [0.25, 0.3) is 0 Å². The standard InChI is InChI=1S/C14H23N3S/c1-10(15)14(13-4-6-16-7-5-13)17-8-9-18-12(3)11(17)2/h4-7,10-12,14H,8-9,15H2,1-3H3. The van der Waals surface area contributed by atoms with Gasteiger partial charge in [0.2, 0.25) is 0 Å². The SMILES string of the molecule is CC(N)C(c1ccncc1)N1CCSC(C)C1C. The first kappa shape index (κ1) is 13.8. The predicted octanol–water partition coefficient (Wildman–Crippen LogP) is 2.30. The van der Waals surface area contributed by atoms with Gasteiger partial charge in [0.05, 0.1) is 6.04 Å². The molecule has 2 N–H and O–H groups in total. The van der Waals surface area contributed by atoms with Crippen LogP contribution in [0.3, 0.4) is 0 Å². The van der Waals surface area contributed by atoms with Gasteiger partial charge in [-0.3, -0.25) is 9.88 Å².